The zero-order chi connectivity index (χ0) is 15.5. The highest BCUT2D eigenvalue weighted by atomic mass is 79.9. The summed E-state index contributed by atoms with van der Waals surface area (Å²) in [5.41, 5.74) is 0.128. The van der Waals surface area contributed by atoms with E-state index in [0.717, 1.165) is 23.9 Å². The fourth-order valence-corrected chi connectivity index (χ4v) is 2.98. The van der Waals surface area contributed by atoms with Crippen molar-refractivity contribution in [3.05, 3.63) is 27.7 Å². The highest BCUT2D eigenvalue weighted by Gasteiger charge is 2.26. The lowest BCUT2D eigenvalue weighted by Gasteiger charge is -2.23. The van der Waals surface area contributed by atoms with Gasteiger partial charge in [0.1, 0.15) is 12.4 Å². The molecule has 0 amide bonds. The molecule has 1 aromatic carbocycles. The van der Waals surface area contributed by atoms with Crippen molar-refractivity contribution in [1.29, 1.82) is 0 Å². The van der Waals surface area contributed by atoms with Crippen LogP contribution in [-0.4, -0.2) is 30.9 Å². The molecular weight excluding hydrogens is 354 g/mol. The van der Waals surface area contributed by atoms with Crippen molar-refractivity contribution < 1.29 is 9.47 Å². The number of rotatable bonds is 5. The molecule has 1 aliphatic heterocycles. The minimum Gasteiger partial charge on any atom is -0.489 e. The van der Waals surface area contributed by atoms with Gasteiger partial charge in [-0.3, -0.25) is 0 Å². The van der Waals surface area contributed by atoms with Crippen LogP contribution in [0.3, 0.4) is 0 Å². The van der Waals surface area contributed by atoms with Gasteiger partial charge < -0.3 is 14.8 Å². The molecule has 1 heterocycles. The van der Waals surface area contributed by atoms with Crippen molar-refractivity contribution in [2.24, 2.45) is 0 Å². The van der Waals surface area contributed by atoms with Crippen molar-refractivity contribution in [2.75, 3.05) is 13.2 Å². The lowest BCUT2D eigenvalue weighted by atomic mass is 10.1. The van der Waals surface area contributed by atoms with Crippen LogP contribution in [0.1, 0.15) is 33.6 Å². The predicted octanol–water partition coefficient (Wildman–Crippen LogP) is 4.42. The summed E-state index contributed by atoms with van der Waals surface area (Å²) in [5.74, 6) is 0.708. The fraction of sp³-hybridized carbons (Fsp3) is 0.625. The van der Waals surface area contributed by atoms with Crippen molar-refractivity contribution in [2.45, 2.75) is 51.4 Å². The fourth-order valence-electron chi connectivity index (χ4n) is 2.25. The molecule has 0 aliphatic carbocycles. The maximum atomic E-state index is 6.14. The summed E-state index contributed by atoms with van der Waals surface area (Å²) < 4.78 is 12.7. The molecule has 1 aromatic rings. The predicted molar refractivity (Wildman–Crippen MR) is 90.3 cm³/mol. The first-order chi connectivity index (χ1) is 9.83. The first-order valence-electron chi connectivity index (χ1n) is 7.32. The van der Waals surface area contributed by atoms with Crippen LogP contribution in [-0.2, 0) is 4.74 Å². The zero-order valence-electron chi connectivity index (χ0n) is 12.8. The molecule has 1 N–H and O–H groups in total. The molecule has 1 aliphatic rings. The molecule has 1 fully saturated rings. The van der Waals surface area contributed by atoms with Crippen LogP contribution in [0.2, 0.25) is 5.02 Å². The average Bonchev–Trinajstić information content (AvgIpc) is 2.82. The van der Waals surface area contributed by atoms with E-state index in [4.69, 9.17) is 21.1 Å². The lowest BCUT2D eigenvalue weighted by molar-refractivity contribution is 0.0162. The Kier molecular flexibility index (Phi) is 5.95. The van der Waals surface area contributed by atoms with Crippen LogP contribution in [0.15, 0.2) is 22.7 Å². The number of ether oxygens (including phenoxy) is 2. The average molecular weight is 377 g/mol. The highest BCUT2D eigenvalue weighted by Crippen LogP contribution is 2.29. The number of benzene rings is 1. The van der Waals surface area contributed by atoms with E-state index in [1.54, 1.807) is 0 Å². The Morgan fingerprint density at radius 1 is 1.33 bits per heavy atom. The van der Waals surface area contributed by atoms with Gasteiger partial charge in [-0.25, -0.2) is 0 Å². The van der Waals surface area contributed by atoms with Gasteiger partial charge in [-0.2, -0.15) is 0 Å². The third-order valence-electron chi connectivity index (χ3n) is 3.37. The van der Waals surface area contributed by atoms with E-state index in [1.807, 2.05) is 18.2 Å². The van der Waals surface area contributed by atoms with Crippen LogP contribution in [0, 0.1) is 0 Å². The van der Waals surface area contributed by atoms with E-state index < -0.39 is 0 Å². The second-order valence-electron chi connectivity index (χ2n) is 6.47. The van der Waals surface area contributed by atoms with Crippen LogP contribution >= 0.6 is 27.5 Å². The largest absolute Gasteiger partial charge is 0.489 e. The molecule has 2 rings (SSSR count). The van der Waals surface area contributed by atoms with E-state index in [1.165, 1.54) is 0 Å². The molecule has 0 aromatic heterocycles. The maximum absolute atomic E-state index is 6.14. The van der Waals surface area contributed by atoms with Crippen molar-refractivity contribution in [3.8, 4) is 5.75 Å². The molecule has 0 saturated carbocycles. The first-order valence-corrected chi connectivity index (χ1v) is 8.49. The Balaban J connectivity index is 1.75. The van der Waals surface area contributed by atoms with Crippen LogP contribution in [0.25, 0.3) is 0 Å². The summed E-state index contributed by atoms with van der Waals surface area (Å²) in [7, 11) is 0. The minimum absolute atomic E-state index is 0.128. The molecule has 2 atom stereocenters. The molecule has 118 valence electrons. The second kappa shape index (κ2) is 7.32. The quantitative estimate of drug-likeness (QED) is 0.825. The van der Waals surface area contributed by atoms with E-state index in [0.29, 0.717) is 17.4 Å². The Hall–Kier alpha value is -0.290. The normalized spacial score (nSPS) is 22.5. The van der Waals surface area contributed by atoms with Crippen LogP contribution in [0.5, 0.6) is 5.75 Å². The van der Waals surface area contributed by atoms with Gasteiger partial charge >= 0.3 is 0 Å². The monoisotopic (exact) mass is 375 g/mol. The molecule has 2 unspecified atom stereocenters. The van der Waals surface area contributed by atoms with Gasteiger partial charge in [0.25, 0.3) is 0 Å². The minimum atomic E-state index is 0.128. The molecule has 21 heavy (non-hydrogen) atoms. The van der Waals surface area contributed by atoms with E-state index in [9.17, 15) is 0 Å². The van der Waals surface area contributed by atoms with Gasteiger partial charge in [-0.05, 0) is 51.8 Å². The molecule has 0 radical (unpaired) electrons. The molecular formula is C16H23BrClNO2. The SMILES string of the molecule is CC(C)(C)NCC1CCC(COc2ccc(Br)cc2Cl)O1. The van der Waals surface area contributed by atoms with E-state index >= 15 is 0 Å². The second-order valence-corrected chi connectivity index (χ2v) is 7.80. The number of hydrogen-bond donors (Lipinski definition) is 1. The Morgan fingerprint density at radius 3 is 2.71 bits per heavy atom. The number of hydrogen-bond acceptors (Lipinski definition) is 3. The Bertz CT molecular complexity index is 476. The topological polar surface area (TPSA) is 30.5 Å². The molecule has 5 heteroatoms. The van der Waals surface area contributed by atoms with Crippen molar-refractivity contribution in [1.82, 2.24) is 5.32 Å². The summed E-state index contributed by atoms with van der Waals surface area (Å²) in [6, 6.07) is 5.63. The molecule has 0 bridgehead atoms. The summed E-state index contributed by atoms with van der Waals surface area (Å²) in [6.45, 7) is 7.93. The Labute approximate surface area is 140 Å². The summed E-state index contributed by atoms with van der Waals surface area (Å²) in [4.78, 5) is 0. The summed E-state index contributed by atoms with van der Waals surface area (Å²) >= 11 is 9.52. The molecule has 1 saturated heterocycles. The Morgan fingerprint density at radius 2 is 2.05 bits per heavy atom. The number of nitrogens with one attached hydrogen (secondary N) is 1. The van der Waals surface area contributed by atoms with Crippen LogP contribution in [0.4, 0.5) is 0 Å². The van der Waals surface area contributed by atoms with Gasteiger partial charge in [0.2, 0.25) is 0 Å². The highest BCUT2D eigenvalue weighted by molar-refractivity contribution is 9.10. The standard InChI is InChI=1S/C16H23BrClNO2/c1-16(2,3)19-9-12-5-6-13(21-12)10-20-15-7-4-11(17)8-14(15)18/h4,7-8,12-13,19H,5-6,9-10H2,1-3H3. The van der Waals surface area contributed by atoms with E-state index in [2.05, 4.69) is 42.0 Å². The lowest BCUT2D eigenvalue weighted by Crippen LogP contribution is -2.41. The third-order valence-corrected chi connectivity index (χ3v) is 4.16. The molecule has 3 nitrogen and oxygen atoms in total. The van der Waals surface area contributed by atoms with Gasteiger partial charge in [-0.1, -0.05) is 27.5 Å². The molecule has 0 spiro atoms. The first kappa shape index (κ1) is 17.1. The third kappa shape index (κ3) is 5.78. The van der Waals surface area contributed by atoms with Crippen molar-refractivity contribution in [3.63, 3.8) is 0 Å². The maximum Gasteiger partial charge on any atom is 0.138 e. The summed E-state index contributed by atoms with van der Waals surface area (Å²) in [6.07, 6.45) is 2.53. The van der Waals surface area contributed by atoms with Gasteiger partial charge in [0.15, 0.2) is 0 Å². The van der Waals surface area contributed by atoms with E-state index in [-0.39, 0.29) is 17.7 Å². The van der Waals surface area contributed by atoms with Crippen LogP contribution < -0.4 is 10.1 Å². The van der Waals surface area contributed by atoms with Gasteiger partial charge in [0, 0.05) is 16.6 Å². The smallest absolute Gasteiger partial charge is 0.138 e. The number of halogens is 2. The summed E-state index contributed by atoms with van der Waals surface area (Å²) in [5, 5.41) is 4.10. The van der Waals surface area contributed by atoms with Crippen molar-refractivity contribution >= 4 is 27.5 Å². The van der Waals surface area contributed by atoms with Gasteiger partial charge in [-0.15, -0.1) is 0 Å². The zero-order valence-corrected chi connectivity index (χ0v) is 15.1. The van der Waals surface area contributed by atoms with Gasteiger partial charge in [0.05, 0.1) is 17.2 Å².